The van der Waals surface area contributed by atoms with Crippen LogP contribution in [0.3, 0.4) is 0 Å². The van der Waals surface area contributed by atoms with Gasteiger partial charge in [-0.2, -0.15) is 5.10 Å². The SMILES string of the molecule is Cc1cc(C#CCN)cc(C(=O)NC(C)c2cn[nH]c2)c1. The molecule has 108 valence electrons. The third-order valence-electron chi connectivity index (χ3n) is 3.04. The van der Waals surface area contributed by atoms with Crippen molar-refractivity contribution in [2.75, 3.05) is 6.54 Å². The zero-order valence-corrected chi connectivity index (χ0v) is 12.1. The number of nitrogens with two attached hydrogens (primary N) is 1. The van der Waals surface area contributed by atoms with Crippen LogP contribution in [0.1, 0.15) is 40.0 Å². The van der Waals surface area contributed by atoms with E-state index in [9.17, 15) is 4.79 Å². The van der Waals surface area contributed by atoms with Crippen LogP contribution in [0.2, 0.25) is 0 Å². The van der Waals surface area contributed by atoms with Crippen LogP contribution in [0.25, 0.3) is 0 Å². The first-order valence-electron chi connectivity index (χ1n) is 6.70. The minimum absolute atomic E-state index is 0.115. The quantitative estimate of drug-likeness (QED) is 0.746. The largest absolute Gasteiger partial charge is 0.345 e. The Hall–Kier alpha value is -2.58. The molecule has 1 atom stereocenters. The van der Waals surface area contributed by atoms with E-state index in [-0.39, 0.29) is 11.9 Å². The number of aromatic nitrogens is 2. The summed E-state index contributed by atoms with van der Waals surface area (Å²) < 4.78 is 0. The molecule has 2 rings (SSSR count). The molecule has 1 aromatic heterocycles. The number of hydrogen-bond donors (Lipinski definition) is 3. The highest BCUT2D eigenvalue weighted by molar-refractivity contribution is 5.95. The van der Waals surface area contributed by atoms with Crippen LogP contribution in [-0.4, -0.2) is 22.6 Å². The van der Waals surface area contributed by atoms with E-state index in [4.69, 9.17) is 5.73 Å². The molecule has 2 aromatic rings. The molecule has 0 radical (unpaired) electrons. The van der Waals surface area contributed by atoms with Gasteiger partial charge in [0, 0.05) is 22.9 Å². The van der Waals surface area contributed by atoms with Crippen LogP contribution in [0.4, 0.5) is 0 Å². The van der Waals surface area contributed by atoms with E-state index in [1.165, 1.54) is 0 Å². The molecule has 1 heterocycles. The number of nitrogens with zero attached hydrogens (tertiary/aromatic N) is 1. The van der Waals surface area contributed by atoms with Gasteiger partial charge in [0.05, 0.1) is 18.8 Å². The summed E-state index contributed by atoms with van der Waals surface area (Å²) in [4.78, 5) is 12.3. The summed E-state index contributed by atoms with van der Waals surface area (Å²) in [6.07, 6.45) is 3.46. The Morgan fingerprint density at radius 1 is 1.48 bits per heavy atom. The van der Waals surface area contributed by atoms with E-state index in [1.807, 2.05) is 26.0 Å². The highest BCUT2D eigenvalue weighted by Gasteiger charge is 2.12. The van der Waals surface area contributed by atoms with Crippen LogP contribution in [0, 0.1) is 18.8 Å². The maximum absolute atomic E-state index is 12.3. The Morgan fingerprint density at radius 2 is 2.29 bits per heavy atom. The van der Waals surface area contributed by atoms with Gasteiger partial charge in [0.1, 0.15) is 0 Å². The molecule has 0 bridgehead atoms. The summed E-state index contributed by atoms with van der Waals surface area (Å²) in [7, 11) is 0. The van der Waals surface area contributed by atoms with Gasteiger partial charge >= 0.3 is 0 Å². The first kappa shape index (κ1) is 14.8. The number of nitrogens with one attached hydrogen (secondary N) is 2. The topological polar surface area (TPSA) is 83.8 Å². The molecule has 5 heteroatoms. The van der Waals surface area contributed by atoms with E-state index in [0.29, 0.717) is 12.1 Å². The number of rotatable bonds is 3. The summed E-state index contributed by atoms with van der Waals surface area (Å²) in [6.45, 7) is 4.14. The molecular weight excluding hydrogens is 264 g/mol. The molecule has 0 aliphatic carbocycles. The van der Waals surface area contributed by atoms with Gasteiger partial charge in [-0.1, -0.05) is 11.8 Å². The highest BCUT2D eigenvalue weighted by Crippen LogP contribution is 2.13. The van der Waals surface area contributed by atoms with Gasteiger partial charge in [-0.3, -0.25) is 9.89 Å². The van der Waals surface area contributed by atoms with Gasteiger partial charge in [-0.05, 0) is 37.6 Å². The van der Waals surface area contributed by atoms with Crippen molar-refractivity contribution < 1.29 is 4.79 Å². The van der Waals surface area contributed by atoms with Crippen molar-refractivity contribution in [2.45, 2.75) is 19.9 Å². The highest BCUT2D eigenvalue weighted by atomic mass is 16.1. The molecule has 1 aromatic carbocycles. The van der Waals surface area contributed by atoms with Crippen molar-refractivity contribution >= 4 is 5.91 Å². The van der Waals surface area contributed by atoms with Crippen molar-refractivity contribution in [1.29, 1.82) is 0 Å². The molecule has 5 nitrogen and oxygen atoms in total. The van der Waals surface area contributed by atoms with Gasteiger partial charge in [0.2, 0.25) is 0 Å². The van der Waals surface area contributed by atoms with Gasteiger partial charge < -0.3 is 11.1 Å². The number of benzene rings is 1. The lowest BCUT2D eigenvalue weighted by molar-refractivity contribution is 0.0940. The maximum atomic E-state index is 12.3. The first-order valence-corrected chi connectivity index (χ1v) is 6.70. The molecule has 0 saturated heterocycles. The molecule has 0 saturated carbocycles. The number of carbonyl (C=O) groups is 1. The van der Waals surface area contributed by atoms with E-state index in [1.54, 1.807) is 18.5 Å². The molecule has 4 N–H and O–H groups in total. The number of aromatic amines is 1. The number of H-pyrrole nitrogens is 1. The average Bonchev–Trinajstić information content (AvgIpc) is 2.98. The van der Waals surface area contributed by atoms with E-state index >= 15 is 0 Å². The Morgan fingerprint density at radius 3 is 2.95 bits per heavy atom. The standard InChI is InChI=1S/C16H18N4O/c1-11-6-13(4-3-5-17)8-14(7-11)16(21)20-12(2)15-9-18-19-10-15/h6-10,12H,5,17H2,1-2H3,(H,18,19)(H,20,21). The number of hydrogen-bond acceptors (Lipinski definition) is 3. The second-order valence-electron chi connectivity index (χ2n) is 4.82. The fourth-order valence-electron chi connectivity index (χ4n) is 2.00. The molecule has 21 heavy (non-hydrogen) atoms. The van der Waals surface area contributed by atoms with Crippen molar-refractivity contribution in [3.63, 3.8) is 0 Å². The van der Waals surface area contributed by atoms with Crippen LogP contribution in [-0.2, 0) is 0 Å². The van der Waals surface area contributed by atoms with E-state index in [2.05, 4.69) is 27.4 Å². The van der Waals surface area contributed by atoms with Crippen LogP contribution in [0.5, 0.6) is 0 Å². The molecule has 1 amide bonds. The van der Waals surface area contributed by atoms with Gasteiger partial charge in [-0.25, -0.2) is 0 Å². The van der Waals surface area contributed by atoms with Gasteiger partial charge in [0.15, 0.2) is 0 Å². The smallest absolute Gasteiger partial charge is 0.251 e. The Balaban J connectivity index is 2.17. The Labute approximate surface area is 123 Å². The van der Waals surface area contributed by atoms with Gasteiger partial charge in [-0.15, -0.1) is 0 Å². The average molecular weight is 282 g/mol. The van der Waals surface area contributed by atoms with Crippen molar-refractivity contribution in [1.82, 2.24) is 15.5 Å². The Bertz CT molecular complexity index is 680. The number of aryl methyl sites for hydroxylation is 1. The van der Waals surface area contributed by atoms with Crippen molar-refractivity contribution in [3.8, 4) is 11.8 Å². The lowest BCUT2D eigenvalue weighted by Gasteiger charge is -2.12. The fourth-order valence-corrected chi connectivity index (χ4v) is 2.00. The predicted molar refractivity (Wildman–Crippen MR) is 81.6 cm³/mol. The summed E-state index contributed by atoms with van der Waals surface area (Å²) in [5.41, 5.74) is 8.67. The minimum Gasteiger partial charge on any atom is -0.345 e. The summed E-state index contributed by atoms with van der Waals surface area (Å²) in [6, 6.07) is 5.42. The zero-order chi connectivity index (χ0) is 15.2. The molecule has 0 aliphatic rings. The Kier molecular flexibility index (Phi) is 4.75. The van der Waals surface area contributed by atoms with Crippen LogP contribution < -0.4 is 11.1 Å². The van der Waals surface area contributed by atoms with E-state index < -0.39 is 0 Å². The van der Waals surface area contributed by atoms with Gasteiger partial charge in [0.25, 0.3) is 5.91 Å². The van der Waals surface area contributed by atoms with Crippen LogP contribution >= 0.6 is 0 Å². The summed E-state index contributed by atoms with van der Waals surface area (Å²) in [5, 5.41) is 9.55. The second kappa shape index (κ2) is 6.73. The zero-order valence-electron chi connectivity index (χ0n) is 12.1. The lowest BCUT2D eigenvalue weighted by atomic mass is 10.1. The number of amides is 1. The minimum atomic E-state index is -0.136. The lowest BCUT2D eigenvalue weighted by Crippen LogP contribution is -2.26. The molecule has 0 spiro atoms. The predicted octanol–water partition coefficient (Wildman–Crippen LogP) is 1.52. The number of carbonyl (C=O) groups excluding carboxylic acids is 1. The van der Waals surface area contributed by atoms with E-state index in [0.717, 1.165) is 16.7 Å². The van der Waals surface area contributed by atoms with Crippen molar-refractivity contribution in [3.05, 3.63) is 52.8 Å². The maximum Gasteiger partial charge on any atom is 0.251 e. The molecular formula is C16H18N4O. The first-order chi connectivity index (χ1) is 10.1. The summed E-state index contributed by atoms with van der Waals surface area (Å²) >= 11 is 0. The summed E-state index contributed by atoms with van der Waals surface area (Å²) in [5.74, 6) is 5.61. The second-order valence-corrected chi connectivity index (χ2v) is 4.82. The fraction of sp³-hybridized carbons (Fsp3) is 0.250. The monoisotopic (exact) mass is 282 g/mol. The van der Waals surface area contributed by atoms with Crippen molar-refractivity contribution in [2.24, 2.45) is 5.73 Å². The molecule has 0 fully saturated rings. The van der Waals surface area contributed by atoms with Crippen LogP contribution in [0.15, 0.2) is 30.6 Å². The molecule has 0 aliphatic heterocycles. The third kappa shape index (κ3) is 3.94. The third-order valence-corrected chi connectivity index (χ3v) is 3.04. The molecule has 1 unspecified atom stereocenters. The normalized spacial score (nSPS) is 11.4.